The van der Waals surface area contributed by atoms with Gasteiger partial charge in [0.1, 0.15) is 30.3 Å². The number of fused-ring (bicyclic) bond motifs is 3. The molecule has 0 atom stereocenters. The first-order chi connectivity index (χ1) is 14.6. The Balaban J connectivity index is 1.72. The third-order valence-electron chi connectivity index (χ3n) is 4.74. The zero-order valence-electron chi connectivity index (χ0n) is 16.2. The topological polar surface area (TPSA) is 144 Å². The summed E-state index contributed by atoms with van der Waals surface area (Å²) in [5.74, 6) is 1.59. The number of hydrogen-bond donors (Lipinski definition) is 3. The molecular weight excluding hydrogens is 384 g/mol. The maximum absolute atomic E-state index is 10.9. The number of pyridine rings is 1. The Kier molecular flexibility index (Phi) is 5.36. The molecule has 0 saturated carbocycles. The number of rotatable bonds is 7. The Morgan fingerprint density at radius 2 is 1.90 bits per heavy atom. The summed E-state index contributed by atoms with van der Waals surface area (Å²) >= 11 is 0. The first-order valence-corrected chi connectivity index (χ1v) is 9.44. The average Bonchev–Trinajstić information content (AvgIpc) is 3.12. The molecule has 6 N–H and O–H groups in total. The van der Waals surface area contributed by atoms with Crippen molar-refractivity contribution >= 4 is 33.8 Å². The van der Waals surface area contributed by atoms with Crippen LogP contribution in [0.2, 0.25) is 0 Å². The number of anilines is 1. The number of aromatic nitrogens is 3. The summed E-state index contributed by atoms with van der Waals surface area (Å²) in [6.45, 7) is 1.08. The number of ether oxygens (including phenoxy) is 2. The van der Waals surface area contributed by atoms with Gasteiger partial charge in [-0.2, -0.15) is 0 Å². The molecule has 9 nitrogen and oxygen atoms in total. The van der Waals surface area contributed by atoms with Crippen LogP contribution in [0.3, 0.4) is 0 Å². The van der Waals surface area contributed by atoms with Crippen LogP contribution in [-0.2, 0) is 24.4 Å². The van der Waals surface area contributed by atoms with Gasteiger partial charge in [0.05, 0.1) is 24.1 Å². The molecule has 0 spiro atoms. The lowest BCUT2D eigenvalue weighted by Gasteiger charge is -2.11. The molecule has 0 radical (unpaired) electrons. The monoisotopic (exact) mass is 406 g/mol. The number of benzene rings is 2. The van der Waals surface area contributed by atoms with Gasteiger partial charge in [-0.1, -0.05) is 30.3 Å². The quantitative estimate of drug-likeness (QED) is 0.427. The summed E-state index contributed by atoms with van der Waals surface area (Å²) in [4.78, 5) is 19.9. The molecule has 0 aliphatic carbocycles. The molecule has 0 saturated heterocycles. The summed E-state index contributed by atoms with van der Waals surface area (Å²) < 4.78 is 12.7. The van der Waals surface area contributed by atoms with Crippen LogP contribution in [-0.4, -0.2) is 27.2 Å². The van der Waals surface area contributed by atoms with Gasteiger partial charge < -0.3 is 31.2 Å². The molecule has 2 heterocycles. The minimum atomic E-state index is -0.833. The predicted molar refractivity (Wildman–Crippen MR) is 114 cm³/mol. The van der Waals surface area contributed by atoms with E-state index < -0.39 is 6.09 Å². The zero-order chi connectivity index (χ0) is 21.1. The minimum absolute atomic E-state index is 0.0930. The van der Waals surface area contributed by atoms with E-state index >= 15 is 0 Å². The van der Waals surface area contributed by atoms with E-state index in [1.165, 1.54) is 0 Å². The van der Waals surface area contributed by atoms with Crippen LogP contribution in [0, 0.1) is 0 Å². The van der Waals surface area contributed by atoms with Crippen LogP contribution in [0.25, 0.3) is 21.9 Å². The van der Waals surface area contributed by atoms with Gasteiger partial charge in [-0.15, -0.1) is 0 Å². The summed E-state index contributed by atoms with van der Waals surface area (Å²) in [6.07, 6.45) is -0.833. The van der Waals surface area contributed by atoms with Gasteiger partial charge in [-0.25, -0.2) is 14.8 Å². The smallest absolute Gasteiger partial charge is 0.404 e. The van der Waals surface area contributed by atoms with E-state index in [2.05, 4.69) is 9.97 Å². The van der Waals surface area contributed by atoms with Crippen LogP contribution in [0.1, 0.15) is 11.4 Å². The van der Waals surface area contributed by atoms with Gasteiger partial charge in [-0.3, -0.25) is 0 Å². The fourth-order valence-corrected chi connectivity index (χ4v) is 3.40. The Morgan fingerprint density at radius 3 is 2.63 bits per heavy atom. The Bertz CT molecular complexity index is 1210. The number of carbonyl (C=O) groups excluding carboxylic acids is 1. The molecule has 0 aliphatic heterocycles. The van der Waals surface area contributed by atoms with Crippen molar-refractivity contribution < 1.29 is 14.3 Å². The number of primary amides is 1. The Morgan fingerprint density at radius 1 is 1.10 bits per heavy atom. The van der Waals surface area contributed by atoms with Crippen LogP contribution in [0.5, 0.6) is 5.75 Å². The maximum atomic E-state index is 10.9. The van der Waals surface area contributed by atoms with Crippen molar-refractivity contribution in [2.45, 2.75) is 19.7 Å². The number of nitrogens with zero attached hydrogens (tertiary/aromatic N) is 3. The molecule has 0 aliphatic rings. The van der Waals surface area contributed by atoms with E-state index in [-0.39, 0.29) is 13.2 Å². The number of carbonyl (C=O) groups is 1. The van der Waals surface area contributed by atoms with E-state index in [9.17, 15) is 4.79 Å². The van der Waals surface area contributed by atoms with Crippen molar-refractivity contribution in [2.24, 2.45) is 11.5 Å². The molecule has 4 aromatic rings. The number of imidazole rings is 1. The zero-order valence-corrected chi connectivity index (χ0v) is 16.2. The predicted octanol–water partition coefficient (Wildman–Crippen LogP) is 2.30. The van der Waals surface area contributed by atoms with E-state index in [4.69, 9.17) is 26.7 Å². The lowest BCUT2D eigenvalue weighted by Crippen LogP contribution is -2.18. The van der Waals surface area contributed by atoms with Crippen molar-refractivity contribution in [1.29, 1.82) is 0 Å². The second kappa shape index (κ2) is 8.26. The summed E-state index contributed by atoms with van der Waals surface area (Å²) in [7, 11) is 0. The van der Waals surface area contributed by atoms with Crippen LogP contribution in [0.4, 0.5) is 10.6 Å². The second-order valence-electron chi connectivity index (χ2n) is 6.70. The molecule has 0 unspecified atom stereocenters. The molecule has 4 rings (SSSR count). The Labute approximate surface area is 172 Å². The molecule has 154 valence electrons. The van der Waals surface area contributed by atoms with E-state index in [0.717, 1.165) is 16.5 Å². The first-order valence-electron chi connectivity index (χ1n) is 9.44. The highest BCUT2D eigenvalue weighted by Gasteiger charge is 2.17. The highest BCUT2D eigenvalue weighted by Crippen LogP contribution is 2.31. The van der Waals surface area contributed by atoms with Crippen LogP contribution >= 0.6 is 0 Å². The first kappa shape index (κ1) is 19.5. The number of amides is 1. The number of nitrogens with two attached hydrogens (primary N) is 3. The fourth-order valence-electron chi connectivity index (χ4n) is 3.40. The van der Waals surface area contributed by atoms with E-state index in [0.29, 0.717) is 41.6 Å². The van der Waals surface area contributed by atoms with Crippen molar-refractivity contribution in [3.63, 3.8) is 0 Å². The van der Waals surface area contributed by atoms with Gasteiger partial charge in [-0.05, 0) is 17.7 Å². The van der Waals surface area contributed by atoms with Gasteiger partial charge in [0.2, 0.25) is 0 Å². The molecule has 2 aromatic heterocycles. The molecule has 2 aromatic carbocycles. The van der Waals surface area contributed by atoms with E-state index in [1.54, 1.807) is 0 Å². The Hall–Kier alpha value is -3.85. The number of nitrogen functional groups attached to an aromatic ring is 1. The standard InChI is InChI=1S/C21H22N6O3/c22-11-17-26-18-19(27(17)8-9-29-21(24)28)15-7-6-14(10-16(15)25-20(18)23)30-12-13-4-2-1-3-5-13/h1-7,10H,8-9,11-12,22H2,(H2,23,25)(H2,24,28). The second-order valence-corrected chi connectivity index (χ2v) is 6.70. The lowest BCUT2D eigenvalue weighted by atomic mass is 10.1. The number of hydrogen-bond acceptors (Lipinski definition) is 7. The molecule has 30 heavy (non-hydrogen) atoms. The van der Waals surface area contributed by atoms with Gasteiger partial charge >= 0.3 is 6.09 Å². The van der Waals surface area contributed by atoms with Gasteiger partial charge in [0.25, 0.3) is 0 Å². The highest BCUT2D eigenvalue weighted by molar-refractivity contribution is 6.06. The van der Waals surface area contributed by atoms with Gasteiger partial charge in [0, 0.05) is 11.5 Å². The van der Waals surface area contributed by atoms with Crippen molar-refractivity contribution in [3.8, 4) is 5.75 Å². The van der Waals surface area contributed by atoms with Crippen molar-refractivity contribution in [1.82, 2.24) is 14.5 Å². The van der Waals surface area contributed by atoms with Crippen LogP contribution < -0.4 is 21.9 Å². The van der Waals surface area contributed by atoms with Crippen molar-refractivity contribution in [2.75, 3.05) is 12.3 Å². The van der Waals surface area contributed by atoms with Gasteiger partial charge in [0.15, 0.2) is 5.82 Å². The third kappa shape index (κ3) is 3.83. The molecule has 0 bridgehead atoms. The minimum Gasteiger partial charge on any atom is -0.489 e. The van der Waals surface area contributed by atoms with Crippen LogP contribution in [0.15, 0.2) is 48.5 Å². The fraction of sp³-hybridized carbons (Fsp3) is 0.190. The molecule has 0 fully saturated rings. The summed E-state index contributed by atoms with van der Waals surface area (Å²) in [5.41, 5.74) is 20.2. The molecule has 1 amide bonds. The molecular formula is C21H22N6O3. The van der Waals surface area contributed by atoms with E-state index in [1.807, 2.05) is 53.1 Å². The van der Waals surface area contributed by atoms with Crippen molar-refractivity contribution in [3.05, 3.63) is 59.9 Å². The third-order valence-corrected chi connectivity index (χ3v) is 4.74. The highest BCUT2D eigenvalue weighted by atomic mass is 16.5. The lowest BCUT2D eigenvalue weighted by molar-refractivity contribution is 0.152. The SMILES string of the molecule is NCc1nc2c(N)nc3cc(OCc4ccccc4)ccc3c2n1CCOC(N)=O. The maximum Gasteiger partial charge on any atom is 0.404 e. The average molecular weight is 406 g/mol. The molecule has 9 heteroatoms. The normalized spacial score (nSPS) is 11.1. The summed E-state index contributed by atoms with van der Waals surface area (Å²) in [6, 6.07) is 15.5. The largest absolute Gasteiger partial charge is 0.489 e. The summed E-state index contributed by atoms with van der Waals surface area (Å²) in [5, 5.41) is 0.845.